The molecule has 28 heavy (non-hydrogen) atoms. The number of nitrogens with one attached hydrogen (secondary N) is 2. The van der Waals surface area contributed by atoms with Crippen LogP contribution in [-0.2, 0) is 6.54 Å². The third-order valence-corrected chi connectivity index (χ3v) is 6.03. The Labute approximate surface area is 169 Å². The summed E-state index contributed by atoms with van der Waals surface area (Å²) in [5.41, 5.74) is 3.30. The van der Waals surface area contributed by atoms with Crippen LogP contribution in [0.2, 0.25) is 0 Å². The Bertz CT molecular complexity index is 895. The minimum Gasteiger partial charge on any atom is -0.321 e. The van der Waals surface area contributed by atoms with Crippen LogP contribution in [0.25, 0.3) is 10.6 Å². The van der Waals surface area contributed by atoms with E-state index in [4.69, 9.17) is 0 Å². The van der Waals surface area contributed by atoms with Crippen LogP contribution in [0.5, 0.6) is 0 Å². The highest BCUT2D eigenvalue weighted by Gasteiger charge is 2.16. The van der Waals surface area contributed by atoms with Crippen LogP contribution in [0.3, 0.4) is 0 Å². The van der Waals surface area contributed by atoms with Gasteiger partial charge in [0.25, 0.3) is 5.91 Å². The lowest BCUT2D eigenvalue weighted by atomic mass is 10.1. The minimum absolute atomic E-state index is 0.206. The first kappa shape index (κ1) is 18.9. The number of H-pyrrole nitrogens is 1. The molecule has 0 radical (unpaired) electrons. The molecule has 146 valence electrons. The van der Waals surface area contributed by atoms with Crippen molar-refractivity contribution in [3.05, 3.63) is 59.1 Å². The Hall–Kier alpha value is -2.48. The number of rotatable bonds is 6. The van der Waals surface area contributed by atoms with Gasteiger partial charge in [-0.15, -0.1) is 11.3 Å². The lowest BCUT2D eigenvalue weighted by molar-refractivity contribution is 0.102. The summed E-state index contributed by atoms with van der Waals surface area (Å²) < 4.78 is 0. The van der Waals surface area contributed by atoms with E-state index in [2.05, 4.69) is 44.4 Å². The molecule has 2 N–H and O–H groups in total. The number of thiophene rings is 1. The molecule has 3 heterocycles. The Morgan fingerprint density at radius 3 is 2.57 bits per heavy atom. The molecule has 1 aliphatic heterocycles. The lowest BCUT2D eigenvalue weighted by Crippen LogP contribution is -2.45. The summed E-state index contributed by atoms with van der Waals surface area (Å²) in [7, 11) is 0. The molecule has 0 aliphatic carbocycles. The van der Waals surface area contributed by atoms with Crippen molar-refractivity contribution in [1.82, 2.24) is 20.0 Å². The number of piperazine rings is 1. The van der Waals surface area contributed by atoms with Crippen molar-refractivity contribution in [3.8, 4) is 10.6 Å². The molecule has 0 bridgehead atoms. The van der Waals surface area contributed by atoms with Crippen molar-refractivity contribution in [1.29, 1.82) is 0 Å². The van der Waals surface area contributed by atoms with Crippen LogP contribution < -0.4 is 5.32 Å². The van der Waals surface area contributed by atoms with Crippen LogP contribution in [0, 0.1) is 0 Å². The number of aromatic nitrogens is 2. The minimum atomic E-state index is -0.206. The first-order valence-corrected chi connectivity index (χ1v) is 10.5. The first-order valence-electron chi connectivity index (χ1n) is 9.65. The molecule has 3 aromatic rings. The Balaban J connectivity index is 1.32. The Morgan fingerprint density at radius 2 is 1.89 bits per heavy atom. The summed E-state index contributed by atoms with van der Waals surface area (Å²) in [5.74, 6) is -0.206. The number of carbonyl (C=O) groups is 1. The van der Waals surface area contributed by atoms with Crippen LogP contribution in [0.15, 0.2) is 47.8 Å². The number of aromatic amines is 1. The van der Waals surface area contributed by atoms with E-state index in [0.717, 1.165) is 55.5 Å². The van der Waals surface area contributed by atoms with E-state index in [-0.39, 0.29) is 5.91 Å². The number of carbonyl (C=O) groups excluding carboxylic acids is 1. The van der Waals surface area contributed by atoms with E-state index in [1.165, 1.54) is 5.56 Å². The predicted octanol–water partition coefficient (Wildman–Crippen LogP) is 3.53. The molecule has 6 nitrogen and oxygen atoms in total. The number of anilines is 1. The summed E-state index contributed by atoms with van der Waals surface area (Å²) in [6.45, 7) is 8.80. The van der Waals surface area contributed by atoms with Gasteiger partial charge in [-0.1, -0.05) is 25.1 Å². The quantitative estimate of drug-likeness (QED) is 0.670. The maximum Gasteiger partial charge on any atom is 0.276 e. The zero-order chi connectivity index (χ0) is 19.3. The maximum absolute atomic E-state index is 12.5. The highest BCUT2D eigenvalue weighted by molar-refractivity contribution is 7.13. The Morgan fingerprint density at radius 1 is 1.14 bits per heavy atom. The van der Waals surface area contributed by atoms with Crippen molar-refractivity contribution >= 4 is 22.9 Å². The molecule has 1 saturated heterocycles. The average Bonchev–Trinajstić information content (AvgIpc) is 3.42. The van der Waals surface area contributed by atoms with Gasteiger partial charge >= 0.3 is 0 Å². The normalized spacial score (nSPS) is 15.6. The first-order chi connectivity index (χ1) is 13.7. The molecule has 1 aromatic carbocycles. The molecular formula is C21H25N5OS. The predicted molar refractivity (Wildman–Crippen MR) is 114 cm³/mol. The van der Waals surface area contributed by atoms with Gasteiger partial charge in [0.15, 0.2) is 5.69 Å². The summed E-state index contributed by atoms with van der Waals surface area (Å²) in [6.07, 6.45) is 0. The second kappa shape index (κ2) is 8.68. The third kappa shape index (κ3) is 4.49. The van der Waals surface area contributed by atoms with E-state index < -0.39 is 0 Å². The molecule has 0 unspecified atom stereocenters. The topological polar surface area (TPSA) is 64.3 Å². The SMILES string of the molecule is CCN1CCN(Cc2ccc(NC(=O)c3cc(-c4cccs4)[nH]n3)cc2)CC1. The standard InChI is InChI=1S/C21H25N5OS/c1-2-25-9-11-26(12-10-25)15-16-5-7-17(8-6-16)22-21(27)19-14-18(23-24-19)20-4-3-13-28-20/h3-8,13-14H,2,9-12,15H2,1H3,(H,22,27)(H,23,24). The highest BCUT2D eigenvalue weighted by atomic mass is 32.1. The van der Waals surface area contributed by atoms with Gasteiger partial charge in [0, 0.05) is 38.4 Å². The van der Waals surface area contributed by atoms with E-state index in [0.29, 0.717) is 5.69 Å². The largest absolute Gasteiger partial charge is 0.321 e. The molecule has 1 amide bonds. The van der Waals surface area contributed by atoms with Gasteiger partial charge in [0.05, 0.1) is 10.6 Å². The van der Waals surface area contributed by atoms with Crippen molar-refractivity contribution in [2.24, 2.45) is 0 Å². The molecule has 1 aliphatic rings. The molecule has 2 aromatic heterocycles. The second-order valence-corrected chi connectivity index (χ2v) is 7.95. The number of hydrogen-bond donors (Lipinski definition) is 2. The number of hydrogen-bond acceptors (Lipinski definition) is 5. The number of benzene rings is 1. The van der Waals surface area contributed by atoms with Crippen molar-refractivity contribution in [3.63, 3.8) is 0 Å². The number of likely N-dealkylation sites (N-methyl/N-ethyl adjacent to an activating group) is 1. The molecule has 0 spiro atoms. The van der Waals surface area contributed by atoms with Gasteiger partial charge in [-0.3, -0.25) is 14.8 Å². The van der Waals surface area contributed by atoms with Gasteiger partial charge in [0.1, 0.15) is 0 Å². The van der Waals surface area contributed by atoms with Crippen LogP contribution in [0.4, 0.5) is 5.69 Å². The molecular weight excluding hydrogens is 370 g/mol. The van der Waals surface area contributed by atoms with Gasteiger partial charge in [0.2, 0.25) is 0 Å². The fraction of sp³-hybridized carbons (Fsp3) is 0.333. The highest BCUT2D eigenvalue weighted by Crippen LogP contribution is 2.23. The van der Waals surface area contributed by atoms with Gasteiger partial charge < -0.3 is 10.2 Å². The molecule has 4 rings (SSSR count). The molecule has 7 heteroatoms. The number of amides is 1. The number of nitrogens with zero attached hydrogens (tertiary/aromatic N) is 3. The second-order valence-electron chi connectivity index (χ2n) is 7.01. The maximum atomic E-state index is 12.5. The van der Waals surface area contributed by atoms with Crippen molar-refractivity contribution in [2.75, 3.05) is 38.0 Å². The van der Waals surface area contributed by atoms with Crippen LogP contribution in [-0.4, -0.2) is 58.6 Å². The van der Waals surface area contributed by atoms with Crippen molar-refractivity contribution in [2.45, 2.75) is 13.5 Å². The fourth-order valence-electron chi connectivity index (χ4n) is 3.41. The zero-order valence-electron chi connectivity index (χ0n) is 16.0. The molecule has 1 fully saturated rings. The summed E-state index contributed by atoms with van der Waals surface area (Å²) in [4.78, 5) is 18.5. The summed E-state index contributed by atoms with van der Waals surface area (Å²) in [6, 6.07) is 13.9. The van der Waals surface area contributed by atoms with Crippen molar-refractivity contribution < 1.29 is 4.79 Å². The van der Waals surface area contributed by atoms with E-state index in [9.17, 15) is 4.79 Å². The van der Waals surface area contributed by atoms with Gasteiger partial charge in [-0.25, -0.2) is 0 Å². The monoisotopic (exact) mass is 395 g/mol. The smallest absolute Gasteiger partial charge is 0.276 e. The van der Waals surface area contributed by atoms with E-state index >= 15 is 0 Å². The Kier molecular flexibility index (Phi) is 5.85. The van der Waals surface area contributed by atoms with Gasteiger partial charge in [-0.2, -0.15) is 5.10 Å². The van der Waals surface area contributed by atoms with E-state index in [1.807, 2.05) is 29.6 Å². The van der Waals surface area contributed by atoms with Gasteiger partial charge in [-0.05, 0) is 41.8 Å². The van der Waals surface area contributed by atoms with Crippen LogP contribution >= 0.6 is 11.3 Å². The zero-order valence-corrected chi connectivity index (χ0v) is 16.8. The summed E-state index contributed by atoms with van der Waals surface area (Å²) >= 11 is 1.61. The summed E-state index contributed by atoms with van der Waals surface area (Å²) in [5, 5.41) is 12.0. The fourth-order valence-corrected chi connectivity index (χ4v) is 4.10. The molecule has 0 atom stereocenters. The third-order valence-electron chi connectivity index (χ3n) is 5.13. The molecule has 0 saturated carbocycles. The lowest BCUT2D eigenvalue weighted by Gasteiger charge is -2.34. The van der Waals surface area contributed by atoms with Crippen LogP contribution in [0.1, 0.15) is 23.0 Å². The average molecular weight is 396 g/mol. The van der Waals surface area contributed by atoms with E-state index in [1.54, 1.807) is 17.4 Å².